The highest BCUT2D eigenvalue weighted by Gasteiger charge is 2.17. The zero-order valence-corrected chi connectivity index (χ0v) is 9.56. The minimum absolute atomic E-state index is 0.225. The predicted octanol–water partition coefficient (Wildman–Crippen LogP) is 2.31. The normalized spacial score (nSPS) is 12.9. The molecule has 1 atom stereocenters. The third kappa shape index (κ3) is 7.00. The monoisotopic (exact) mass is 222 g/mol. The molecule has 82 valence electrons. The lowest BCUT2D eigenvalue weighted by molar-refractivity contribution is -0.147. The molecule has 0 saturated heterocycles. The molecule has 0 heterocycles. The van der Waals surface area contributed by atoms with Crippen LogP contribution in [0, 0.1) is 5.92 Å². The van der Waals surface area contributed by atoms with E-state index >= 15 is 0 Å². The van der Waals surface area contributed by atoms with Gasteiger partial charge in [0.15, 0.2) is 0 Å². The lowest BCUT2D eigenvalue weighted by Crippen LogP contribution is -2.19. The minimum atomic E-state index is -2.30. The Kier molecular flexibility index (Phi) is 7.65. The van der Waals surface area contributed by atoms with Gasteiger partial charge in [0.2, 0.25) is 6.05 Å². The van der Waals surface area contributed by atoms with E-state index in [-0.39, 0.29) is 12.0 Å². The number of carbonyl (C=O) groups excluding carboxylic acids is 1. The molecular weight excluding hydrogens is 206 g/mol. The van der Waals surface area contributed by atoms with Crippen molar-refractivity contribution in [2.75, 3.05) is 6.61 Å². The van der Waals surface area contributed by atoms with Gasteiger partial charge < -0.3 is 4.74 Å². The molecule has 0 aromatic carbocycles. The average molecular weight is 222 g/mol. The molecule has 0 aromatic rings. The second-order valence-corrected chi connectivity index (χ2v) is 4.38. The fourth-order valence-corrected chi connectivity index (χ4v) is 1.51. The van der Waals surface area contributed by atoms with Crippen molar-refractivity contribution in [3.8, 4) is 0 Å². The highest BCUT2D eigenvalue weighted by atomic mass is 28.2. The van der Waals surface area contributed by atoms with Gasteiger partial charge in [0.1, 0.15) is 9.52 Å². The summed E-state index contributed by atoms with van der Waals surface area (Å²) in [5, 5.41) is 0. The van der Waals surface area contributed by atoms with Gasteiger partial charge in [0.05, 0.1) is 12.5 Å². The van der Waals surface area contributed by atoms with E-state index in [9.17, 15) is 13.6 Å². The zero-order chi connectivity index (χ0) is 11.0. The van der Waals surface area contributed by atoms with Crippen LogP contribution < -0.4 is 0 Å². The van der Waals surface area contributed by atoms with Crippen molar-refractivity contribution in [3.05, 3.63) is 0 Å². The summed E-state index contributed by atoms with van der Waals surface area (Å²) in [5.41, 5.74) is 0. The first-order valence-corrected chi connectivity index (χ1v) is 6.04. The standard InChI is InChI=1S/C9H16F2O2Si/c1-3-4-5-13-8(12)7(2)6-14-9(10)11/h7,9H,3-6H2,1-2H3. The number of unbranched alkanes of at least 4 members (excludes halogenated alkanes) is 1. The minimum Gasteiger partial charge on any atom is -0.465 e. The molecule has 0 aliphatic carbocycles. The number of ether oxygens (including phenoxy) is 1. The SMILES string of the molecule is CCCCOC(=O)C(C)C[Si]C(F)F. The van der Waals surface area contributed by atoms with Crippen LogP contribution in [0.1, 0.15) is 26.7 Å². The Balaban J connectivity index is 3.54. The van der Waals surface area contributed by atoms with Crippen molar-refractivity contribution in [1.82, 2.24) is 0 Å². The topological polar surface area (TPSA) is 26.3 Å². The molecule has 0 aliphatic heterocycles. The van der Waals surface area contributed by atoms with Crippen LogP contribution in [0.5, 0.6) is 0 Å². The fraction of sp³-hybridized carbons (Fsp3) is 0.889. The number of hydrogen-bond acceptors (Lipinski definition) is 2. The summed E-state index contributed by atoms with van der Waals surface area (Å²) in [6.07, 6.45) is 1.79. The molecule has 2 nitrogen and oxygen atoms in total. The van der Waals surface area contributed by atoms with Crippen LogP contribution in [0.4, 0.5) is 8.78 Å². The Morgan fingerprint density at radius 1 is 1.50 bits per heavy atom. The number of rotatable bonds is 7. The van der Waals surface area contributed by atoms with Crippen molar-refractivity contribution in [2.24, 2.45) is 5.92 Å². The third-order valence-corrected chi connectivity index (χ3v) is 2.88. The summed E-state index contributed by atoms with van der Waals surface area (Å²) < 4.78 is 28.5. The van der Waals surface area contributed by atoms with Gasteiger partial charge >= 0.3 is 5.97 Å². The number of esters is 1. The van der Waals surface area contributed by atoms with Crippen molar-refractivity contribution in [2.45, 2.75) is 38.8 Å². The van der Waals surface area contributed by atoms with Crippen LogP contribution in [-0.2, 0) is 9.53 Å². The second-order valence-electron chi connectivity index (χ2n) is 3.13. The fourth-order valence-electron chi connectivity index (χ4n) is 0.809. The van der Waals surface area contributed by atoms with Gasteiger partial charge in [-0.2, -0.15) is 0 Å². The number of halogens is 2. The maximum absolute atomic E-state index is 11.8. The van der Waals surface area contributed by atoms with Crippen LogP contribution in [-0.4, -0.2) is 28.1 Å². The Hall–Kier alpha value is -0.453. The highest BCUT2D eigenvalue weighted by Crippen LogP contribution is 2.07. The number of alkyl halides is 2. The Morgan fingerprint density at radius 2 is 2.14 bits per heavy atom. The molecule has 1 unspecified atom stereocenters. The van der Waals surface area contributed by atoms with Gasteiger partial charge in [-0.25, -0.2) is 8.78 Å². The van der Waals surface area contributed by atoms with Crippen LogP contribution in [0.15, 0.2) is 0 Å². The van der Waals surface area contributed by atoms with E-state index in [1.807, 2.05) is 6.92 Å². The molecule has 0 saturated carbocycles. The molecule has 14 heavy (non-hydrogen) atoms. The van der Waals surface area contributed by atoms with Crippen LogP contribution in [0.25, 0.3) is 0 Å². The Bertz CT molecular complexity index is 165. The Labute approximate surface area is 85.8 Å². The first-order valence-electron chi connectivity index (χ1n) is 4.76. The van der Waals surface area contributed by atoms with Crippen molar-refractivity contribution < 1.29 is 18.3 Å². The molecule has 0 N–H and O–H groups in total. The van der Waals surface area contributed by atoms with E-state index in [0.29, 0.717) is 6.61 Å². The van der Waals surface area contributed by atoms with E-state index in [1.165, 1.54) is 0 Å². The molecule has 5 heteroatoms. The van der Waals surface area contributed by atoms with E-state index < -0.39 is 21.5 Å². The highest BCUT2D eigenvalue weighted by molar-refractivity contribution is 6.37. The maximum atomic E-state index is 11.8. The molecule has 0 aliphatic rings. The van der Waals surface area contributed by atoms with Crippen LogP contribution in [0.3, 0.4) is 0 Å². The quantitative estimate of drug-likeness (QED) is 0.375. The summed E-state index contributed by atoms with van der Waals surface area (Å²) in [4.78, 5) is 11.2. The maximum Gasteiger partial charge on any atom is 0.308 e. The molecule has 0 aromatic heterocycles. The van der Waals surface area contributed by atoms with Crippen molar-refractivity contribution in [1.29, 1.82) is 0 Å². The van der Waals surface area contributed by atoms with E-state index in [1.54, 1.807) is 6.92 Å². The molecule has 2 radical (unpaired) electrons. The van der Waals surface area contributed by atoms with Gasteiger partial charge in [-0.1, -0.05) is 20.3 Å². The third-order valence-electron chi connectivity index (χ3n) is 1.72. The summed E-state index contributed by atoms with van der Waals surface area (Å²) in [6.45, 7) is 4.02. The lowest BCUT2D eigenvalue weighted by atomic mass is 10.2. The van der Waals surface area contributed by atoms with Gasteiger partial charge in [-0.15, -0.1) is 0 Å². The molecule has 0 spiro atoms. The number of carbonyl (C=O) groups is 1. The zero-order valence-electron chi connectivity index (χ0n) is 8.56. The molecule has 0 fully saturated rings. The van der Waals surface area contributed by atoms with Gasteiger partial charge in [-0.05, 0) is 12.5 Å². The van der Waals surface area contributed by atoms with E-state index in [4.69, 9.17) is 4.74 Å². The smallest absolute Gasteiger partial charge is 0.308 e. The van der Waals surface area contributed by atoms with Gasteiger partial charge in [0, 0.05) is 0 Å². The summed E-state index contributed by atoms with van der Waals surface area (Å²) in [7, 11) is -0.467. The van der Waals surface area contributed by atoms with Gasteiger partial charge in [0.25, 0.3) is 0 Å². The molecular formula is C9H16F2O2Si. The van der Waals surface area contributed by atoms with E-state index in [2.05, 4.69) is 0 Å². The van der Waals surface area contributed by atoms with Crippen molar-refractivity contribution >= 4 is 15.5 Å². The predicted molar refractivity (Wildman–Crippen MR) is 51.6 cm³/mol. The van der Waals surface area contributed by atoms with Crippen molar-refractivity contribution in [3.63, 3.8) is 0 Å². The lowest BCUT2D eigenvalue weighted by Gasteiger charge is -2.09. The van der Waals surface area contributed by atoms with E-state index in [0.717, 1.165) is 12.8 Å². The first kappa shape index (κ1) is 13.5. The first-order chi connectivity index (χ1) is 6.57. The number of hydrogen-bond donors (Lipinski definition) is 0. The summed E-state index contributed by atoms with van der Waals surface area (Å²) in [6, 6.07) is -2.08. The molecule has 0 rings (SSSR count). The second kappa shape index (κ2) is 7.91. The Morgan fingerprint density at radius 3 is 2.64 bits per heavy atom. The molecule has 0 amide bonds. The molecule has 0 bridgehead atoms. The largest absolute Gasteiger partial charge is 0.465 e. The van der Waals surface area contributed by atoms with Gasteiger partial charge in [-0.3, -0.25) is 4.79 Å². The van der Waals surface area contributed by atoms with Crippen LogP contribution >= 0.6 is 0 Å². The van der Waals surface area contributed by atoms with Crippen LogP contribution in [0.2, 0.25) is 6.04 Å². The summed E-state index contributed by atoms with van der Waals surface area (Å²) >= 11 is 0. The average Bonchev–Trinajstić information content (AvgIpc) is 2.14. The summed E-state index contributed by atoms with van der Waals surface area (Å²) in [5.74, 6) is -0.759.